The molecule has 2 rings (SSSR count). The van der Waals surface area contributed by atoms with Crippen LogP contribution in [0.5, 0.6) is 0 Å². The lowest BCUT2D eigenvalue weighted by Crippen LogP contribution is -3.00. The van der Waals surface area contributed by atoms with Crippen LogP contribution in [0.25, 0.3) is 0 Å². The summed E-state index contributed by atoms with van der Waals surface area (Å²) < 4.78 is 8.89. The lowest BCUT2D eigenvalue weighted by molar-refractivity contribution is -0.677. The monoisotopic (exact) mass is 358 g/mol. The number of hydrogen-bond acceptors (Lipinski definition) is 1. The van der Waals surface area contributed by atoms with Crippen LogP contribution in [0, 0.1) is 13.8 Å². The van der Waals surface area contributed by atoms with Gasteiger partial charge in [-0.3, -0.25) is 0 Å². The highest BCUT2D eigenvalue weighted by Crippen LogP contribution is 1.97. The largest absolute Gasteiger partial charge is 1.00 e. The van der Waals surface area contributed by atoms with Crippen LogP contribution >= 0.6 is 0 Å². The van der Waals surface area contributed by atoms with Crippen molar-refractivity contribution in [3.63, 3.8) is 0 Å². The van der Waals surface area contributed by atoms with Crippen molar-refractivity contribution in [1.29, 1.82) is 0 Å². The molecule has 0 aliphatic heterocycles. The summed E-state index contributed by atoms with van der Waals surface area (Å²) in [6, 6.07) is 0. The van der Waals surface area contributed by atoms with Crippen molar-refractivity contribution < 1.29 is 27.0 Å². The molecule has 140 valence electrons. The Balaban J connectivity index is 0. The molecule has 0 radical (unpaired) electrons. The average Bonchev–Trinajstić information content (AvgIpc) is 3.00. The Morgan fingerprint density at radius 3 is 1.33 bits per heavy atom. The molecule has 0 spiro atoms. The van der Waals surface area contributed by atoms with Crippen LogP contribution in [0.15, 0.2) is 24.8 Å². The molecule has 2 aromatic heterocycles. The van der Waals surface area contributed by atoms with E-state index in [1.807, 2.05) is 0 Å². The van der Waals surface area contributed by atoms with Crippen LogP contribution in [0.2, 0.25) is 0 Å². The molecule has 0 aliphatic rings. The molecule has 0 fully saturated rings. The summed E-state index contributed by atoms with van der Waals surface area (Å²) in [6.45, 7) is 11.1. The molecule has 0 aliphatic carbocycles. The van der Waals surface area contributed by atoms with E-state index in [-0.39, 0.29) is 17.9 Å². The van der Waals surface area contributed by atoms with Gasteiger partial charge in [0.05, 0.1) is 27.2 Å². The van der Waals surface area contributed by atoms with Crippen molar-refractivity contribution >= 4 is 0 Å². The second kappa shape index (κ2) is 13.0. The highest BCUT2D eigenvalue weighted by atomic mass is 35.5. The van der Waals surface area contributed by atoms with Gasteiger partial charge in [0.2, 0.25) is 0 Å². The van der Waals surface area contributed by atoms with Crippen LogP contribution in [0.4, 0.5) is 0 Å². The molecule has 24 heavy (non-hydrogen) atoms. The van der Waals surface area contributed by atoms with E-state index in [0.29, 0.717) is 0 Å². The third kappa shape index (κ3) is 7.49. The first-order valence-electron chi connectivity index (χ1n) is 8.53. The van der Waals surface area contributed by atoms with E-state index < -0.39 is 0 Å². The molecule has 0 atom stereocenters. The van der Waals surface area contributed by atoms with Crippen LogP contribution < -0.4 is 21.5 Å². The zero-order valence-electron chi connectivity index (χ0n) is 16.2. The summed E-state index contributed by atoms with van der Waals surface area (Å²) >= 11 is 0. The maximum atomic E-state index is 2.30. The third-order valence-electron chi connectivity index (χ3n) is 4.30. The number of nitrogens with zero attached hydrogens (tertiary/aromatic N) is 4. The molecule has 0 aromatic carbocycles. The Bertz CT molecular complexity index is 513. The van der Waals surface area contributed by atoms with E-state index in [0.717, 1.165) is 13.1 Å². The molecule has 0 saturated carbocycles. The predicted octanol–water partition coefficient (Wildman–Crippen LogP) is -0.331. The molecule has 0 unspecified atom stereocenters. The van der Waals surface area contributed by atoms with E-state index in [1.54, 1.807) is 0 Å². The summed E-state index contributed by atoms with van der Waals surface area (Å²) in [5.41, 5.74) is 0. The van der Waals surface area contributed by atoms with Crippen LogP contribution in [0.3, 0.4) is 0 Å². The minimum Gasteiger partial charge on any atom is -1.00 e. The van der Waals surface area contributed by atoms with Crippen molar-refractivity contribution in [3.8, 4) is 0 Å². The minimum absolute atomic E-state index is 0. The Kier molecular flexibility index (Phi) is 13.5. The zero-order chi connectivity index (χ0) is 16.5. The number of rotatable bonds is 6. The normalized spacial score (nSPS) is 9.58. The van der Waals surface area contributed by atoms with Gasteiger partial charge in [-0.15, -0.1) is 0 Å². The van der Waals surface area contributed by atoms with Crippen molar-refractivity contribution in [3.05, 3.63) is 36.4 Å². The summed E-state index contributed by atoms with van der Waals surface area (Å²) in [6.07, 6.45) is 13.6. The Morgan fingerprint density at radius 2 is 1.12 bits per heavy atom. The number of halogens is 1. The van der Waals surface area contributed by atoms with Gasteiger partial charge in [0, 0.05) is 13.8 Å². The van der Waals surface area contributed by atoms with Crippen molar-refractivity contribution in [1.82, 2.24) is 9.13 Å². The van der Waals surface area contributed by atoms with Crippen molar-refractivity contribution in [2.24, 2.45) is 14.1 Å². The van der Waals surface area contributed by atoms with Crippen molar-refractivity contribution in [2.75, 3.05) is 0 Å². The summed E-state index contributed by atoms with van der Waals surface area (Å²) in [5.74, 6) is 2.66. The maximum absolute atomic E-state index is 2.30. The number of imidazole rings is 2. The molecular weight excluding hydrogens is 324 g/mol. The maximum Gasteiger partial charge on any atom is 0.253 e. The highest BCUT2D eigenvalue weighted by molar-refractivity contribution is 4.79. The number of aromatic nitrogens is 4. The van der Waals surface area contributed by atoms with Crippen molar-refractivity contribution in [2.45, 2.75) is 66.5 Å². The summed E-state index contributed by atoms with van der Waals surface area (Å²) in [7, 11) is 4.16. The van der Waals surface area contributed by atoms with E-state index >= 15 is 0 Å². The van der Waals surface area contributed by atoms with E-state index in [2.05, 4.69) is 84.8 Å². The second-order valence-electron chi connectivity index (χ2n) is 6.01. The number of hydrogen-bond donors (Lipinski definition) is 0. The average molecular weight is 359 g/mol. The lowest BCUT2D eigenvalue weighted by Gasteiger charge is -1.95. The fourth-order valence-electron chi connectivity index (χ4n) is 2.33. The van der Waals surface area contributed by atoms with Crippen LogP contribution in [-0.2, 0) is 27.2 Å². The van der Waals surface area contributed by atoms with Gasteiger partial charge in [0.1, 0.15) is 24.8 Å². The Morgan fingerprint density at radius 1 is 0.792 bits per heavy atom. The Hall–Kier alpha value is -1.33. The minimum atomic E-state index is 0. The first kappa shape index (κ1) is 24.9. The first-order chi connectivity index (χ1) is 10.5. The van der Waals surface area contributed by atoms with Gasteiger partial charge in [-0.1, -0.05) is 26.7 Å². The lowest BCUT2D eigenvalue weighted by atomic mass is 10.3. The molecule has 5 nitrogen and oxygen atoms in total. The van der Waals surface area contributed by atoms with Gasteiger partial charge in [-0.25, -0.2) is 18.3 Å². The Labute approximate surface area is 153 Å². The standard InChI is InChI=1S/2C9H17N2.ClH.H2O/c2*1-4-5-6-11-8-7-10(3)9(11)2;;/h2*7-8H,4-6H2,1-3H3;1H;1H2/q2*+1;;/p-2. The summed E-state index contributed by atoms with van der Waals surface area (Å²) in [4.78, 5) is 0. The molecule has 2 heterocycles. The topological polar surface area (TPSA) is 47.6 Å². The van der Waals surface area contributed by atoms with Crippen LogP contribution in [0.1, 0.15) is 51.2 Å². The molecular formula is C18H35ClN4O. The third-order valence-corrected chi connectivity index (χ3v) is 4.30. The first-order valence-corrected chi connectivity index (χ1v) is 8.53. The highest BCUT2D eigenvalue weighted by Gasteiger charge is 2.07. The van der Waals surface area contributed by atoms with E-state index in [1.165, 1.54) is 37.3 Å². The van der Waals surface area contributed by atoms with Gasteiger partial charge in [-0.05, 0) is 12.8 Å². The molecule has 0 saturated heterocycles. The second-order valence-corrected chi connectivity index (χ2v) is 6.01. The van der Waals surface area contributed by atoms with E-state index in [9.17, 15) is 0 Å². The fraction of sp³-hybridized carbons (Fsp3) is 0.667. The van der Waals surface area contributed by atoms with Crippen LogP contribution in [-0.4, -0.2) is 14.6 Å². The van der Waals surface area contributed by atoms with Gasteiger partial charge >= 0.3 is 0 Å². The zero-order valence-corrected chi connectivity index (χ0v) is 16.9. The molecule has 2 aromatic rings. The molecule has 0 bridgehead atoms. The molecule has 6 heteroatoms. The number of aryl methyl sites for hydroxylation is 4. The molecule has 0 amide bonds. The predicted molar refractivity (Wildman–Crippen MR) is 92.4 cm³/mol. The van der Waals surface area contributed by atoms with Gasteiger partial charge in [0.15, 0.2) is 0 Å². The van der Waals surface area contributed by atoms with Gasteiger partial charge in [-0.2, -0.15) is 0 Å². The van der Waals surface area contributed by atoms with Gasteiger partial charge < -0.3 is 17.9 Å². The van der Waals surface area contributed by atoms with Gasteiger partial charge in [0.25, 0.3) is 11.6 Å². The quantitative estimate of drug-likeness (QED) is 0.652. The smallest absolute Gasteiger partial charge is 0.253 e. The summed E-state index contributed by atoms with van der Waals surface area (Å²) in [5, 5.41) is 0. The number of unbranched alkanes of at least 4 members (excludes halogenated alkanes) is 2. The molecule has 1 N–H and O–H groups in total. The fourth-order valence-corrected chi connectivity index (χ4v) is 2.33. The SMILES string of the molecule is CCCCn1cc[n+](C)c1C.CCCCn1cc[n+](C)c1C.[Cl-].[OH-]. The van der Waals surface area contributed by atoms with E-state index in [4.69, 9.17) is 0 Å².